The molecule has 4 fully saturated rings. The molecule has 3 saturated heterocycles. The molecular formula is C55H85NO15. The lowest BCUT2D eigenvalue weighted by atomic mass is 9.78. The number of amides is 1. The number of carbonyl (C=O) groups is 5. The monoisotopic (exact) mass is 1000 g/mol. The lowest BCUT2D eigenvalue weighted by molar-refractivity contribution is -0.266. The second-order valence-corrected chi connectivity index (χ2v) is 21.3. The molecular weight excluding hydrogens is 915 g/mol. The molecule has 5 rings (SSSR count). The van der Waals surface area contributed by atoms with Crippen LogP contribution in [-0.2, 0) is 57.1 Å². The summed E-state index contributed by atoms with van der Waals surface area (Å²) in [5.74, 6) is -8.15. The van der Waals surface area contributed by atoms with Crippen LogP contribution in [-0.4, -0.2) is 157 Å². The largest absolute Gasteiger partial charge is 0.460 e. The summed E-state index contributed by atoms with van der Waals surface area (Å²) >= 11 is 0. The SMILES string of the molecule is CO[C@@H]1C[C@H](C[C@@H](C)[C@@H]2CC(=O)[C@H](C)/C=C(\C)[C@@H](O)[C@@H](OC)C(=O)[C@H](C)C[C@H](C)/C=C/C=C/C=C(\C)[C@@H](OCCOC3COC3)C[C@@H]3CC[C@@H](C)[C@@](O)(O3)C(=O)C(=O)N3CCCC[C@H]3C(=O)O2)CC[C@H]1O. The average Bonchev–Trinajstić information content (AvgIpc) is 3.33. The summed E-state index contributed by atoms with van der Waals surface area (Å²) in [5, 5.41) is 34.2. The Morgan fingerprint density at radius 1 is 0.845 bits per heavy atom. The first-order valence-electron chi connectivity index (χ1n) is 26.2. The number of aliphatic hydroxyl groups excluding tert-OH is 2. The van der Waals surface area contributed by atoms with Gasteiger partial charge in [-0.3, -0.25) is 19.2 Å². The molecule has 16 heteroatoms. The van der Waals surface area contributed by atoms with Gasteiger partial charge in [0.15, 0.2) is 5.78 Å². The van der Waals surface area contributed by atoms with Crippen LogP contribution >= 0.6 is 0 Å². The Balaban J connectivity index is 1.46. The molecule has 0 spiro atoms. The topological polar surface area (TPSA) is 214 Å². The molecule has 1 aliphatic carbocycles. The number of allylic oxidation sites excluding steroid dienone is 6. The molecule has 0 aromatic rings. The van der Waals surface area contributed by atoms with Crippen molar-refractivity contribution in [2.45, 2.75) is 186 Å². The van der Waals surface area contributed by atoms with Crippen molar-refractivity contribution in [3.05, 3.63) is 47.6 Å². The lowest BCUT2D eigenvalue weighted by Gasteiger charge is -2.43. The second-order valence-electron chi connectivity index (χ2n) is 21.3. The van der Waals surface area contributed by atoms with Gasteiger partial charge in [-0.25, -0.2) is 4.79 Å². The van der Waals surface area contributed by atoms with E-state index in [0.717, 1.165) is 5.57 Å². The normalized spacial score (nSPS) is 39.2. The second kappa shape index (κ2) is 27.7. The molecule has 0 radical (unpaired) electrons. The first-order valence-corrected chi connectivity index (χ1v) is 26.2. The number of methoxy groups -OCH3 is 2. The number of ketones is 3. The van der Waals surface area contributed by atoms with E-state index in [9.17, 15) is 39.3 Å². The lowest BCUT2D eigenvalue weighted by Crippen LogP contribution is -2.61. The number of piperidine rings is 1. The number of ether oxygens (including phenoxy) is 7. The predicted octanol–water partition coefficient (Wildman–Crippen LogP) is 5.97. The van der Waals surface area contributed by atoms with Crippen LogP contribution in [0, 0.1) is 35.5 Å². The van der Waals surface area contributed by atoms with E-state index >= 15 is 0 Å². The molecule has 1 amide bonds. The first kappa shape index (κ1) is 58.4. The molecule has 15 atom stereocenters. The van der Waals surface area contributed by atoms with Gasteiger partial charge in [0.05, 0.1) is 50.8 Å². The van der Waals surface area contributed by atoms with Gasteiger partial charge in [-0.15, -0.1) is 0 Å². The zero-order valence-electron chi connectivity index (χ0n) is 43.8. The molecule has 16 nitrogen and oxygen atoms in total. The fourth-order valence-electron chi connectivity index (χ4n) is 10.7. The van der Waals surface area contributed by atoms with Crippen LogP contribution < -0.4 is 0 Å². The van der Waals surface area contributed by atoms with Crippen molar-refractivity contribution in [1.29, 1.82) is 0 Å². The number of aliphatic hydroxyl groups is 3. The highest BCUT2D eigenvalue weighted by molar-refractivity contribution is 6.39. The zero-order valence-corrected chi connectivity index (χ0v) is 43.8. The summed E-state index contributed by atoms with van der Waals surface area (Å²) in [6.45, 7) is 14.4. The van der Waals surface area contributed by atoms with Gasteiger partial charge in [0.2, 0.25) is 5.79 Å². The highest BCUT2D eigenvalue weighted by Gasteiger charge is 2.53. The third-order valence-corrected chi connectivity index (χ3v) is 15.6. The van der Waals surface area contributed by atoms with Crippen LogP contribution in [0.15, 0.2) is 47.6 Å². The number of esters is 1. The van der Waals surface area contributed by atoms with E-state index < -0.39 is 83.9 Å². The Hall–Kier alpha value is -3.45. The Bertz CT molecular complexity index is 1910. The number of cyclic esters (lactones) is 1. The third kappa shape index (κ3) is 16.0. The molecule has 4 heterocycles. The molecule has 400 valence electrons. The Labute approximate surface area is 421 Å². The number of nitrogens with zero attached hydrogens (tertiary/aromatic N) is 1. The van der Waals surface area contributed by atoms with Crippen molar-refractivity contribution in [1.82, 2.24) is 4.90 Å². The number of fused-ring (bicyclic) bond motifs is 3. The Morgan fingerprint density at radius 2 is 1.58 bits per heavy atom. The van der Waals surface area contributed by atoms with Crippen molar-refractivity contribution in [2.75, 3.05) is 47.2 Å². The molecule has 0 aromatic heterocycles. The molecule has 4 aliphatic heterocycles. The van der Waals surface area contributed by atoms with Gasteiger partial charge >= 0.3 is 5.97 Å². The van der Waals surface area contributed by atoms with E-state index in [1.165, 1.54) is 12.0 Å². The number of carbonyl (C=O) groups excluding carboxylic acids is 5. The summed E-state index contributed by atoms with van der Waals surface area (Å²) in [7, 11) is 2.94. The van der Waals surface area contributed by atoms with Crippen LogP contribution in [0.5, 0.6) is 0 Å². The van der Waals surface area contributed by atoms with E-state index in [1.54, 1.807) is 34.0 Å². The van der Waals surface area contributed by atoms with Crippen molar-refractivity contribution in [3.8, 4) is 0 Å². The molecule has 71 heavy (non-hydrogen) atoms. The molecule has 5 aliphatic rings. The first-order chi connectivity index (χ1) is 33.8. The molecule has 1 saturated carbocycles. The molecule has 3 N–H and O–H groups in total. The molecule has 2 bridgehead atoms. The number of rotatable bonds is 10. The maximum atomic E-state index is 14.5. The smallest absolute Gasteiger partial charge is 0.329 e. The number of hydrogen-bond donors (Lipinski definition) is 3. The van der Waals surface area contributed by atoms with E-state index in [2.05, 4.69) is 0 Å². The van der Waals surface area contributed by atoms with Gasteiger partial charge in [0.25, 0.3) is 11.7 Å². The van der Waals surface area contributed by atoms with Crippen LogP contribution in [0.25, 0.3) is 0 Å². The summed E-state index contributed by atoms with van der Waals surface area (Å²) in [5.41, 5.74) is 1.24. The Morgan fingerprint density at radius 3 is 2.27 bits per heavy atom. The van der Waals surface area contributed by atoms with Gasteiger partial charge in [-0.1, -0.05) is 71.1 Å². The van der Waals surface area contributed by atoms with E-state index in [0.29, 0.717) is 83.2 Å². The van der Waals surface area contributed by atoms with Crippen LogP contribution in [0.3, 0.4) is 0 Å². The fraction of sp³-hybridized carbons (Fsp3) is 0.764. The predicted molar refractivity (Wildman–Crippen MR) is 265 cm³/mol. The van der Waals surface area contributed by atoms with Gasteiger partial charge < -0.3 is 53.4 Å². The van der Waals surface area contributed by atoms with Gasteiger partial charge in [-0.05, 0) is 107 Å². The standard InChI is InChI=1S/C55H85NO15/c1-33-15-11-10-12-16-34(2)46(69-24-23-68-42-31-67-32-42)29-41-20-18-39(7)55(64,71-41)52(61)53(62)56-22-14-13-17-43(56)54(63)70-47(36(4)27-40-19-21-44(57)48(28-40)65-8)30-45(58)35(3)26-38(6)50(60)51(66-9)49(59)37(5)25-33/h10-12,15-16,26,33,35-37,39-44,46-48,50-51,57,60,64H,13-14,17-25,27-32H2,1-9H3/b12-10+,15-11+,34-16+,38-26+/t33-,35-,36-,37-,39-,40+,41+,43+,44-,46+,47+,48-,50-,51+,55-/m1/s1. The van der Waals surface area contributed by atoms with E-state index in [1.807, 2.05) is 58.1 Å². The van der Waals surface area contributed by atoms with Gasteiger partial charge in [-0.2, -0.15) is 0 Å². The van der Waals surface area contributed by atoms with Crippen molar-refractivity contribution in [2.24, 2.45) is 35.5 Å². The minimum absolute atomic E-state index is 0.00344. The Kier molecular flexibility index (Phi) is 22.8. The highest BCUT2D eigenvalue weighted by Crippen LogP contribution is 2.38. The van der Waals surface area contributed by atoms with Gasteiger partial charge in [0.1, 0.15) is 36.2 Å². The number of hydrogen-bond acceptors (Lipinski definition) is 15. The van der Waals surface area contributed by atoms with Gasteiger partial charge in [0, 0.05) is 51.4 Å². The van der Waals surface area contributed by atoms with Crippen molar-refractivity contribution in [3.63, 3.8) is 0 Å². The molecule has 0 aromatic carbocycles. The zero-order chi connectivity index (χ0) is 52.0. The van der Waals surface area contributed by atoms with Crippen LogP contribution in [0.2, 0.25) is 0 Å². The fourth-order valence-corrected chi connectivity index (χ4v) is 10.7. The van der Waals surface area contributed by atoms with Crippen LogP contribution in [0.4, 0.5) is 0 Å². The minimum atomic E-state index is -2.47. The summed E-state index contributed by atoms with van der Waals surface area (Å²) in [6, 6.07) is -1.16. The summed E-state index contributed by atoms with van der Waals surface area (Å²) in [4.78, 5) is 72.5. The average molecular weight is 1000 g/mol. The maximum absolute atomic E-state index is 14.5. The van der Waals surface area contributed by atoms with E-state index in [4.69, 9.17) is 33.2 Å². The molecule has 0 unspecified atom stereocenters. The van der Waals surface area contributed by atoms with E-state index in [-0.39, 0.29) is 73.9 Å². The summed E-state index contributed by atoms with van der Waals surface area (Å²) in [6.07, 6.45) is 10.8. The minimum Gasteiger partial charge on any atom is -0.460 e. The summed E-state index contributed by atoms with van der Waals surface area (Å²) < 4.78 is 41.2. The highest BCUT2D eigenvalue weighted by atomic mass is 16.6. The van der Waals surface area contributed by atoms with Crippen molar-refractivity contribution < 1.29 is 72.5 Å². The third-order valence-electron chi connectivity index (χ3n) is 15.6. The van der Waals surface area contributed by atoms with Crippen molar-refractivity contribution >= 4 is 29.2 Å². The van der Waals surface area contributed by atoms with Crippen LogP contribution in [0.1, 0.15) is 126 Å². The maximum Gasteiger partial charge on any atom is 0.329 e. The quantitative estimate of drug-likeness (QED) is 0.0996. The number of Topliss-reactive ketones (excluding diaryl/α,β-unsaturated/α-hetero) is 3.